The van der Waals surface area contributed by atoms with E-state index < -0.39 is 23.6 Å². The van der Waals surface area contributed by atoms with Crippen LogP contribution in [0.1, 0.15) is 35.8 Å². The van der Waals surface area contributed by atoms with Gasteiger partial charge in [-0.25, -0.2) is 4.39 Å². The Balaban J connectivity index is 2.37. The Morgan fingerprint density at radius 2 is 2.05 bits per heavy atom. The zero-order chi connectivity index (χ0) is 14.9. The summed E-state index contributed by atoms with van der Waals surface area (Å²) in [5.74, 6) is -0.967. The van der Waals surface area contributed by atoms with Crippen LogP contribution in [0.15, 0.2) is 22.7 Å². The Labute approximate surface area is 111 Å². The van der Waals surface area contributed by atoms with Crippen LogP contribution in [0.4, 0.5) is 17.6 Å². The Bertz CT molecular complexity index is 609. The van der Waals surface area contributed by atoms with E-state index in [4.69, 9.17) is 10.3 Å². The van der Waals surface area contributed by atoms with Gasteiger partial charge in [-0.05, 0) is 17.7 Å². The van der Waals surface area contributed by atoms with Crippen LogP contribution in [-0.2, 0) is 12.6 Å². The number of halogens is 4. The van der Waals surface area contributed by atoms with Gasteiger partial charge in [0.05, 0.1) is 11.6 Å². The summed E-state index contributed by atoms with van der Waals surface area (Å²) < 4.78 is 55.9. The van der Waals surface area contributed by atoms with E-state index in [0.29, 0.717) is 18.4 Å². The smallest absolute Gasteiger partial charge is 0.339 e. The maximum atomic E-state index is 13.2. The van der Waals surface area contributed by atoms with E-state index in [0.717, 1.165) is 12.1 Å². The van der Waals surface area contributed by atoms with E-state index in [1.807, 2.05) is 0 Å². The molecular weight excluding hydrogens is 278 g/mol. The average molecular weight is 289 g/mol. The minimum atomic E-state index is -4.79. The minimum Gasteiger partial charge on any atom is -0.339 e. The molecule has 0 fully saturated rings. The van der Waals surface area contributed by atoms with Crippen molar-refractivity contribution < 1.29 is 22.1 Å². The van der Waals surface area contributed by atoms with Crippen LogP contribution in [0.3, 0.4) is 0 Å². The van der Waals surface area contributed by atoms with Crippen LogP contribution in [0, 0.1) is 5.82 Å². The maximum absolute atomic E-state index is 13.2. The largest absolute Gasteiger partial charge is 0.419 e. The van der Waals surface area contributed by atoms with Gasteiger partial charge in [-0.2, -0.15) is 18.2 Å². The molecule has 1 unspecified atom stereocenters. The zero-order valence-corrected chi connectivity index (χ0v) is 10.4. The Kier molecular flexibility index (Phi) is 3.76. The number of hydrogen-bond donors (Lipinski definition) is 1. The van der Waals surface area contributed by atoms with Gasteiger partial charge in [0, 0.05) is 6.42 Å². The van der Waals surface area contributed by atoms with E-state index in [1.165, 1.54) is 0 Å². The number of nitrogens with zero attached hydrogens (tertiary/aromatic N) is 2. The number of rotatable bonds is 3. The van der Waals surface area contributed by atoms with Crippen molar-refractivity contribution in [2.24, 2.45) is 5.73 Å². The molecule has 2 N–H and O–H groups in total. The van der Waals surface area contributed by atoms with Gasteiger partial charge in [-0.3, -0.25) is 0 Å². The third kappa shape index (κ3) is 2.79. The number of aromatic nitrogens is 2. The molecule has 0 saturated carbocycles. The van der Waals surface area contributed by atoms with Gasteiger partial charge in [0.15, 0.2) is 5.82 Å². The summed E-state index contributed by atoms with van der Waals surface area (Å²) >= 11 is 0. The quantitative estimate of drug-likeness (QED) is 0.882. The van der Waals surface area contributed by atoms with E-state index in [9.17, 15) is 17.6 Å². The number of nitrogens with two attached hydrogens (primary N) is 1. The van der Waals surface area contributed by atoms with Crippen LogP contribution in [0.25, 0.3) is 0 Å². The Morgan fingerprint density at radius 3 is 2.60 bits per heavy atom. The molecule has 2 rings (SSSR count). The number of alkyl halides is 3. The zero-order valence-electron chi connectivity index (χ0n) is 10.4. The van der Waals surface area contributed by atoms with Crippen LogP contribution in [0.2, 0.25) is 0 Å². The lowest BCUT2D eigenvalue weighted by molar-refractivity contribution is -0.140. The van der Waals surface area contributed by atoms with Gasteiger partial charge in [0.2, 0.25) is 5.89 Å². The van der Waals surface area contributed by atoms with Gasteiger partial charge >= 0.3 is 6.18 Å². The van der Waals surface area contributed by atoms with Crippen molar-refractivity contribution in [1.29, 1.82) is 0 Å². The van der Waals surface area contributed by atoms with Crippen molar-refractivity contribution in [3.63, 3.8) is 0 Å². The molecule has 0 spiro atoms. The fourth-order valence-corrected chi connectivity index (χ4v) is 1.64. The first kappa shape index (κ1) is 14.4. The lowest BCUT2D eigenvalue weighted by Crippen LogP contribution is -2.16. The van der Waals surface area contributed by atoms with Crippen molar-refractivity contribution in [2.75, 3.05) is 0 Å². The molecule has 1 atom stereocenters. The molecule has 8 heteroatoms. The molecule has 0 aliphatic carbocycles. The standard InChI is InChI=1S/C12H11F4N3O/c1-2-9-18-11(19-20-9)10(17)6-3-4-8(13)7(5-6)12(14,15)16/h3-5,10H,2,17H2,1H3. The third-order valence-electron chi connectivity index (χ3n) is 2.72. The van der Waals surface area contributed by atoms with E-state index in [2.05, 4.69) is 10.1 Å². The fourth-order valence-electron chi connectivity index (χ4n) is 1.64. The fraction of sp³-hybridized carbons (Fsp3) is 0.333. The summed E-state index contributed by atoms with van der Waals surface area (Å²) in [6, 6.07) is 1.53. The highest BCUT2D eigenvalue weighted by Gasteiger charge is 2.34. The van der Waals surface area contributed by atoms with Crippen LogP contribution in [-0.4, -0.2) is 10.1 Å². The molecule has 0 aliphatic heterocycles. The number of benzene rings is 1. The van der Waals surface area contributed by atoms with Crippen molar-refractivity contribution in [3.05, 3.63) is 46.9 Å². The first-order chi connectivity index (χ1) is 9.32. The summed E-state index contributed by atoms with van der Waals surface area (Å²) in [7, 11) is 0. The van der Waals surface area contributed by atoms with Gasteiger partial charge in [-0.1, -0.05) is 18.1 Å². The Hall–Kier alpha value is -1.96. The third-order valence-corrected chi connectivity index (χ3v) is 2.72. The molecule has 0 bridgehead atoms. The van der Waals surface area contributed by atoms with E-state index in [1.54, 1.807) is 6.92 Å². The molecule has 1 aromatic heterocycles. The molecule has 0 amide bonds. The van der Waals surface area contributed by atoms with Crippen molar-refractivity contribution >= 4 is 0 Å². The van der Waals surface area contributed by atoms with E-state index >= 15 is 0 Å². The molecule has 0 aliphatic rings. The summed E-state index contributed by atoms with van der Waals surface area (Å²) in [6.07, 6.45) is -4.30. The van der Waals surface area contributed by atoms with Gasteiger partial charge in [-0.15, -0.1) is 0 Å². The second kappa shape index (κ2) is 5.20. The highest BCUT2D eigenvalue weighted by atomic mass is 19.4. The van der Waals surface area contributed by atoms with Gasteiger partial charge < -0.3 is 10.3 Å². The summed E-state index contributed by atoms with van der Waals surface area (Å²) in [4.78, 5) is 3.94. The van der Waals surface area contributed by atoms with Gasteiger partial charge in [0.25, 0.3) is 0 Å². The maximum Gasteiger partial charge on any atom is 0.419 e. The highest BCUT2D eigenvalue weighted by Crippen LogP contribution is 2.33. The van der Waals surface area contributed by atoms with Crippen LogP contribution >= 0.6 is 0 Å². The molecule has 0 radical (unpaired) electrons. The second-order valence-corrected chi connectivity index (χ2v) is 4.11. The summed E-state index contributed by atoms with van der Waals surface area (Å²) in [6.45, 7) is 1.78. The molecule has 0 saturated heterocycles. The second-order valence-electron chi connectivity index (χ2n) is 4.11. The lowest BCUT2D eigenvalue weighted by Gasteiger charge is -2.12. The molecule has 108 valence electrons. The predicted molar refractivity (Wildman–Crippen MR) is 61.1 cm³/mol. The molecule has 1 aromatic carbocycles. The van der Waals surface area contributed by atoms with Crippen LogP contribution in [0.5, 0.6) is 0 Å². The normalized spacial score (nSPS) is 13.5. The SMILES string of the molecule is CCc1nc(C(N)c2ccc(F)c(C(F)(F)F)c2)no1. The average Bonchev–Trinajstić information content (AvgIpc) is 2.86. The number of hydrogen-bond acceptors (Lipinski definition) is 4. The molecule has 1 heterocycles. The highest BCUT2D eigenvalue weighted by molar-refractivity contribution is 5.31. The van der Waals surface area contributed by atoms with Crippen molar-refractivity contribution in [3.8, 4) is 0 Å². The monoisotopic (exact) mass is 289 g/mol. The Morgan fingerprint density at radius 1 is 1.35 bits per heavy atom. The molecule has 2 aromatic rings. The number of aryl methyl sites for hydroxylation is 1. The molecular formula is C12H11F4N3O. The first-order valence-electron chi connectivity index (χ1n) is 5.77. The van der Waals surface area contributed by atoms with Crippen molar-refractivity contribution in [1.82, 2.24) is 10.1 Å². The summed E-state index contributed by atoms with van der Waals surface area (Å²) in [5.41, 5.74) is 4.46. The predicted octanol–water partition coefficient (Wildman–Crippen LogP) is 2.84. The molecule has 20 heavy (non-hydrogen) atoms. The minimum absolute atomic E-state index is 0.0570. The van der Waals surface area contributed by atoms with Gasteiger partial charge in [0.1, 0.15) is 5.82 Å². The molecule has 4 nitrogen and oxygen atoms in total. The first-order valence-corrected chi connectivity index (χ1v) is 5.77. The topological polar surface area (TPSA) is 64.9 Å². The van der Waals surface area contributed by atoms with Crippen LogP contribution < -0.4 is 5.73 Å². The van der Waals surface area contributed by atoms with Crippen molar-refractivity contribution in [2.45, 2.75) is 25.6 Å². The van der Waals surface area contributed by atoms with E-state index in [-0.39, 0.29) is 11.4 Å². The lowest BCUT2D eigenvalue weighted by atomic mass is 10.0. The summed E-state index contributed by atoms with van der Waals surface area (Å²) in [5, 5.41) is 3.59.